The summed E-state index contributed by atoms with van der Waals surface area (Å²) >= 11 is 0. The lowest BCUT2D eigenvalue weighted by molar-refractivity contribution is 0.0697. The number of sulfonamides is 1. The molecule has 2 amide bonds. The summed E-state index contributed by atoms with van der Waals surface area (Å²) < 4.78 is 65.7. The van der Waals surface area contributed by atoms with E-state index in [1.165, 1.54) is 18.2 Å². The van der Waals surface area contributed by atoms with E-state index in [4.69, 9.17) is 4.42 Å². The van der Waals surface area contributed by atoms with Crippen LogP contribution in [0.2, 0.25) is 0 Å². The number of fused-ring (bicyclic) bond motifs is 5. The van der Waals surface area contributed by atoms with Crippen molar-refractivity contribution in [1.29, 1.82) is 0 Å². The molecular weight excluding hydrogens is 957 g/mol. The number of aromatic nitrogens is 2. The molecule has 0 saturated heterocycles. The first-order valence-corrected chi connectivity index (χ1v) is 24.7. The molecular formula is C55H48F2N7O8S+. The van der Waals surface area contributed by atoms with Crippen molar-refractivity contribution in [3.05, 3.63) is 166 Å². The Morgan fingerprint density at radius 1 is 0.753 bits per heavy atom. The number of halogens is 2. The molecule has 0 atom stereocenters. The number of carboxylic acids is 1. The van der Waals surface area contributed by atoms with Crippen LogP contribution in [0.3, 0.4) is 0 Å². The lowest BCUT2D eigenvalue weighted by atomic mass is 9.89. The first kappa shape index (κ1) is 49.2. The lowest BCUT2D eigenvalue weighted by Crippen LogP contribution is -2.34. The average molecular weight is 1010 g/mol. The fourth-order valence-electron chi connectivity index (χ4n) is 8.71. The highest BCUT2D eigenvalue weighted by Crippen LogP contribution is 2.42. The van der Waals surface area contributed by atoms with Gasteiger partial charge in [0.2, 0.25) is 15.4 Å². The van der Waals surface area contributed by atoms with Gasteiger partial charge in [0.1, 0.15) is 36.9 Å². The molecule has 18 heteroatoms. The summed E-state index contributed by atoms with van der Waals surface area (Å²) in [4.78, 5) is 62.7. The number of pyridine rings is 1. The molecule has 1 aliphatic heterocycles. The van der Waals surface area contributed by atoms with Gasteiger partial charge in [-0.2, -0.15) is 0 Å². The highest BCUT2D eigenvalue weighted by Gasteiger charge is 2.26. The summed E-state index contributed by atoms with van der Waals surface area (Å²) in [6, 6.07) is 30.8. The third-order valence-electron chi connectivity index (χ3n) is 12.4. The molecule has 7 aromatic rings. The molecule has 0 bridgehead atoms. The number of nitrogens with one attached hydrogen (secondary N) is 4. The highest BCUT2D eigenvalue weighted by molar-refractivity contribution is 7.92. The number of hydrogen-bond donors (Lipinski definition) is 5. The normalized spacial score (nSPS) is 11.5. The number of carboxylic acid groups (broad SMARTS) is 1. The predicted molar refractivity (Wildman–Crippen MR) is 278 cm³/mol. The SMILES string of the molecule is CCCS(=O)(=O)Nc1ccc(F)c(C(=O)c2ccc3[nH]c4ncc(-c5ccc(C(=O)NCCNC(=O)c6ccc(-c7c8ccc(=[N+](C)C)cc-8oc8cc(N(C)C)ccc78)c(C(=O)O)c6)cc5)cc4c3c2)c1F. The van der Waals surface area contributed by atoms with Gasteiger partial charge in [-0.25, -0.2) is 31.6 Å². The van der Waals surface area contributed by atoms with Crippen LogP contribution in [0, 0.1) is 11.6 Å². The van der Waals surface area contributed by atoms with Gasteiger partial charge >= 0.3 is 5.97 Å². The first-order valence-electron chi connectivity index (χ1n) is 23.1. The number of anilines is 2. The van der Waals surface area contributed by atoms with Crippen LogP contribution in [-0.4, -0.2) is 94.1 Å². The summed E-state index contributed by atoms with van der Waals surface area (Å²) in [6.45, 7) is 1.75. The zero-order valence-corrected chi connectivity index (χ0v) is 41.0. The number of ketones is 1. The number of hydrogen-bond acceptors (Lipinski definition) is 9. The average Bonchev–Trinajstić information content (AvgIpc) is 3.74. The van der Waals surface area contributed by atoms with Gasteiger partial charge in [0.25, 0.3) is 11.8 Å². The molecule has 0 saturated carbocycles. The van der Waals surface area contributed by atoms with Crippen molar-refractivity contribution >= 4 is 77.9 Å². The van der Waals surface area contributed by atoms with Gasteiger partial charge in [-0.05, 0) is 96.4 Å². The fourth-order valence-corrected chi connectivity index (χ4v) is 9.84. The summed E-state index contributed by atoms with van der Waals surface area (Å²) in [6.07, 6.45) is 1.90. The van der Waals surface area contributed by atoms with Crippen LogP contribution in [0.15, 0.2) is 126 Å². The van der Waals surface area contributed by atoms with Crippen molar-refractivity contribution in [2.45, 2.75) is 13.3 Å². The molecule has 1 aliphatic carbocycles. The monoisotopic (exact) mass is 1000 g/mol. The Hall–Kier alpha value is -8.77. The van der Waals surface area contributed by atoms with Crippen molar-refractivity contribution in [2.75, 3.05) is 56.7 Å². The van der Waals surface area contributed by atoms with Gasteiger partial charge in [0.05, 0.1) is 28.6 Å². The van der Waals surface area contributed by atoms with Gasteiger partial charge < -0.3 is 30.0 Å². The molecule has 0 fully saturated rings. The van der Waals surface area contributed by atoms with Crippen LogP contribution in [0.5, 0.6) is 0 Å². The smallest absolute Gasteiger partial charge is 0.336 e. The summed E-state index contributed by atoms with van der Waals surface area (Å²) in [5.74, 6) is -5.32. The van der Waals surface area contributed by atoms with Crippen molar-refractivity contribution in [3.8, 4) is 33.6 Å². The zero-order chi connectivity index (χ0) is 51.9. The van der Waals surface area contributed by atoms with Gasteiger partial charge in [-0.15, -0.1) is 0 Å². The van der Waals surface area contributed by atoms with Crippen LogP contribution < -0.4 is 30.2 Å². The minimum absolute atomic E-state index is 0.0388. The largest absolute Gasteiger partial charge is 0.478 e. The fraction of sp³-hybridized carbons (Fsp3) is 0.164. The number of nitrogens with zero attached hydrogens (tertiary/aromatic N) is 3. The van der Waals surface area contributed by atoms with Gasteiger partial charge in [-0.1, -0.05) is 25.1 Å². The van der Waals surface area contributed by atoms with E-state index in [9.17, 15) is 32.7 Å². The van der Waals surface area contributed by atoms with Crippen molar-refractivity contribution in [2.24, 2.45) is 0 Å². The minimum Gasteiger partial charge on any atom is -0.478 e. The number of H-pyrrole nitrogens is 1. The van der Waals surface area contributed by atoms with E-state index >= 15 is 8.78 Å². The lowest BCUT2D eigenvalue weighted by Gasteiger charge is -2.19. The van der Waals surface area contributed by atoms with Gasteiger partial charge in [0, 0.05) is 106 Å². The second-order valence-corrected chi connectivity index (χ2v) is 19.7. The first-order chi connectivity index (χ1) is 34.9. The number of aromatic carboxylic acids is 1. The third-order valence-corrected chi connectivity index (χ3v) is 13.9. The highest BCUT2D eigenvalue weighted by atomic mass is 32.2. The Labute approximate surface area is 417 Å². The number of amides is 2. The second-order valence-electron chi connectivity index (χ2n) is 17.8. The molecule has 0 unspecified atom stereocenters. The quantitative estimate of drug-likeness (QED) is 0.0286. The molecule has 2 aliphatic rings. The van der Waals surface area contributed by atoms with Crippen LogP contribution in [0.25, 0.3) is 66.5 Å². The van der Waals surface area contributed by atoms with E-state index in [0.717, 1.165) is 23.2 Å². The summed E-state index contributed by atoms with van der Waals surface area (Å²) in [5, 5.41) is 18.8. The number of carbonyl (C=O) groups is 4. The molecule has 0 spiro atoms. The van der Waals surface area contributed by atoms with Crippen LogP contribution in [0.4, 0.5) is 20.2 Å². The maximum absolute atomic E-state index is 15.6. The Bertz CT molecular complexity index is 3880. The third kappa shape index (κ3) is 9.84. The molecule has 5 N–H and O–H groups in total. The predicted octanol–water partition coefficient (Wildman–Crippen LogP) is 8.52. The Morgan fingerprint density at radius 3 is 2.15 bits per heavy atom. The molecule has 2 aromatic heterocycles. The van der Waals surface area contributed by atoms with Crippen LogP contribution in [0.1, 0.15) is 60.3 Å². The Morgan fingerprint density at radius 2 is 1.45 bits per heavy atom. The summed E-state index contributed by atoms with van der Waals surface area (Å²) in [7, 11) is 3.75. The Kier molecular flexibility index (Phi) is 13.3. The molecule has 370 valence electrons. The van der Waals surface area contributed by atoms with Gasteiger partial charge in [0.15, 0.2) is 11.6 Å². The number of aromatic amines is 1. The maximum Gasteiger partial charge on any atom is 0.336 e. The number of rotatable bonds is 15. The standard InChI is InChI=1S/C55H47F2N7O8S/c1-6-23-73(70,71)62-45-20-18-43(56)49(50(45)57)51(65)32-12-19-44-40(24-32)41-26-34(29-60-52(41)61-44)30-7-9-31(10-8-30)53(66)58-21-22-59-54(67)33-11-15-37(42(25-33)55(68)69)48-38-16-13-35(63(2)3)27-46(38)72-47-28-36(64(4)5)14-17-39(47)48/h7-20,24-29,62H,6,21-23H2,1-5H3,(H3-,58,59,60,61,65,66,67,68,69)/p+1. The van der Waals surface area contributed by atoms with E-state index in [-0.39, 0.29) is 42.0 Å². The number of carbonyl (C=O) groups excluding carboxylic acids is 3. The molecule has 73 heavy (non-hydrogen) atoms. The van der Waals surface area contributed by atoms with Crippen molar-refractivity contribution < 1.29 is 45.9 Å². The topological polar surface area (TPSA) is 207 Å². The van der Waals surface area contributed by atoms with Crippen LogP contribution >= 0.6 is 0 Å². The van der Waals surface area contributed by atoms with E-state index in [0.29, 0.717) is 72.0 Å². The van der Waals surface area contributed by atoms with Crippen molar-refractivity contribution in [1.82, 2.24) is 25.2 Å². The molecule has 0 radical (unpaired) electrons. The molecule has 3 heterocycles. The minimum atomic E-state index is -3.93. The van der Waals surface area contributed by atoms with E-state index in [2.05, 4.69) is 25.3 Å². The molecule has 9 rings (SSSR count). The second kappa shape index (κ2) is 19.8. The van der Waals surface area contributed by atoms with Crippen molar-refractivity contribution in [3.63, 3.8) is 0 Å². The van der Waals surface area contributed by atoms with E-state index in [1.54, 1.807) is 55.6 Å². The number of benzene rings is 6. The van der Waals surface area contributed by atoms with E-state index < -0.39 is 56.5 Å². The van der Waals surface area contributed by atoms with Crippen LogP contribution in [-0.2, 0) is 10.0 Å². The molecule has 5 aromatic carbocycles. The van der Waals surface area contributed by atoms with Gasteiger partial charge in [-0.3, -0.25) is 19.1 Å². The maximum atomic E-state index is 15.6. The molecule has 15 nitrogen and oxygen atoms in total. The summed E-state index contributed by atoms with van der Waals surface area (Å²) in [5.41, 5.74) is 4.62. The van der Waals surface area contributed by atoms with E-state index in [1.807, 2.05) is 80.1 Å². The zero-order valence-electron chi connectivity index (χ0n) is 40.2. The Balaban J connectivity index is 0.875.